The number of hydrogen-bond donors (Lipinski definition) is 3. The second kappa shape index (κ2) is 6.12. The third-order valence-corrected chi connectivity index (χ3v) is 8.48. The monoisotopic (exact) mass is 472 g/mol. The van der Waals surface area contributed by atoms with Crippen molar-refractivity contribution >= 4 is 44.3 Å². The number of rotatable bonds is 3. The summed E-state index contributed by atoms with van der Waals surface area (Å²) < 4.78 is 1.03. The van der Waals surface area contributed by atoms with Gasteiger partial charge < -0.3 is 15.4 Å². The van der Waals surface area contributed by atoms with Gasteiger partial charge in [0.15, 0.2) is 11.5 Å². The molecule has 4 bridgehead atoms. The Kier molecular flexibility index (Phi) is 3.81. The quantitative estimate of drug-likeness (QED) is 0.530. The van der Waals surface area contributed by atoms with Crippen LogP contribution in [0.3, 0.4) is 0 Å². The lowest BCUT2D eigenvalue weighted by Gasteiger charge is -2.60. The Labute approximate surface area is 180 Å². The molecule has 0 spiro atoms. The molecule has 29 heavy (non-hydrogen) atoms. The number of thiophene rings is 1. The highest BCUT2D eigenvalue weighted by Gasteiger charge is 2.57. The van der Waals surface area contributed by atoms with Gasteiger partial charge in [-0.3, -0.25) is 4.79 Å². The summed E-state index contributed by atoms with van der Waals surface area (Å²) in [6.07, 6.45) is 7.23. The van der Waals surface area contributed by atoms with Gasteiger partial charge in [0.25, 0.3) is 5.91 Å². The predicted octanol–water partition coefficient (Wildman–Crippen LogP) is 4.26. The molecule has 4 aliphatic rings. The van der Waals surface area contributed by atoms with Crippen LogP contribution in [-0.2, 0) is 0 Å². The molecule has 0 aromatic carbocycles. The molecule has 3 N–H and O–H groups in total. The number of carbonyl (C=O) groups is 1. The Hall–Kier alpha value is -1.77. The highest BCUT2D eigenvalue weighted by atomic mass is 79.9. The predicted molar refractivity (Wildman–Crippen MR) is 115 cm³/mol. The summed E-state index contributed by atoms with van der Waals surface area (Å²) in [5, 5.41) is 14.3. The smallest absolute Gasteiger partial charge is 0.254 e. The molecule has 1 amide bonds. The van der Waals surface area contributed by atoms with E-state index in [0.29, 0.717) is 40.8 Å². The summed E-state index contributed by atoms with van der Waals surface area (Å²) in [6.45, 7) is 0. The largest absolute Gasteiger partial charge is 0.390 e. The second-order valence-electron chi connectivity index (χ2n) is 9.17. The molecule has 4 saturated carbocycles. The van der Waals surface area contributed by atoms with Crippen molar-refractivity contribution < 1.29 is 9.90 Å². The van der Waals surface area contributed by atoms with Crippen molar-refractivity contribution in [3.8, 4) is 10.7 Å². The molecule has 3 aromatic heterocycles. The van der Waals surface area contributed by atoms with Gasteiger partial charge in [-0.05, 0) is 84.5 Å². The SMILES string of the molecule is O=C(NC12CC3C[C@H](CC(O)(C3)C1)C2)c1ccnc2nc(-c3ccc(Br)s3)[nH]c12. The summed E-state index contributed by atoms with van der Waals surface area (Å²) >= 11 is 5.06. The molecule has 8 heteroatoms. The van der Waals surface area contributed by atoms with Gasteiger partial charge in [-0.15, -0.1) is 11.3 Å². The van der Waals surface area contributed by atoms with E-state index in [1.165, 1.54) is 6.42 Å². The van der Waals surface area contributed by atoms with E-state index in [2.05, 4.69) is 36.2 Å². The number of aromatic amines is 1. The Morgan fingerprint density at radius 3 is 2.72 bits per heavy atom. The number of nitrogens with zero attached hydrogens (tertiary/aromatic N) is 2. The Morgan fingerprint density at radius 1 is 1.24 bits per heavy atom. The number of fused-ring (bicyclic) bond motifs is 1. The van der Waals surface area contributed by atoms with Crippen LogP contribution in [-0.4, -0.2) is 37.1 Å². The number of nitrogens with one attached hydrogen (secondary N) is 2. The normalized spacial score (nSPS) is 32.8. The fraction of sp³-hybridized carbons (Fsp3) is 0.476. The lowest BCUT2D eigenvalue weighted by atomic mass is 9.51. The van der Waals surface area contributed by atoms with Crippen molar-refractivity contribution in [2.24, 2.45) is 11.8 Å². The number of imidazole rings is 1. The molecule has 7 rings (SSSR count). The molecule has 3 unspecified atom stereocenters. The summed E-state index contributed by atoms with van der Waals surface area (Å²) in [5.74, 6) is 1.66. The van der Waals surface area contributed by atoms with Crippen LogP contribution in [0, 0.1) is 11.8 Å². The molecule has 4 atom stereocenters. The minimum Gasteiger partial charge on any atom is -0.390 e. The fourth-order valence-corrected chi connectivity index (χ4v) is 7.66. The highest BCUT2D eigenvalue weighted by molar-refractivity contribution is 9.11. The van der Waals surface area contributed by atoms with Crippen molar-refractivity contribution in [3.63, 3.8) is 0 Å². The first-order valence-electron chi connectivity index (χ1n) is 10.1. The molecular weight excluding hydrogens is 452 g/mol. The average Bonchev–Trinajstić information content (AvgIpc) is 3.24. The number of H-pyrrole nitrogens is 1. The van der Waals surface area contributed by atoms with Crippen LogP contribution in [0.4, 0.5) is 0 Å². The summed E-state index contributed by atoms with van der Waals surface area (Å²) in [4.78, 5) is 26.5. The highest BCUT2D eigenvalue weighted by Crippen LogP contribution is 2.57. The van der Waals surface area contributed by atoms with Crippen molar-refractivity contribution in [3.05, 3.63) is 33.7 Å². The van der Waals surface area contributed by atoms with Gasteiger partial charge in [-0.2, -0.15) is 0 Å². The number of aromatic nitrogens is 3. The molecule has 150 valence electrons. The van der Waals surface area contributed by atoms with E-state index in [4.69, 9.17) is 0 Å². The van der Waals surface area contributed by atoms with Gasteiger partial charge in [0.1, 0.15) is 0 Å². The van der Waals surface area contributed by atoms with E-state index in [-0.39, 0.29) is 11.4 Å². The van der Waals surface area contributed by atoms with Crippen molar-refractivity contribution in [2.75, 3.05) is 0 Å². The molecule has 0 saturated heterocycles. The van der Waals surface area contributed by atoms with Gasteiger partial charge in [0, 0.05) is 11.7 Å². The number of halogens is 1. The van der Waals surface area contributed by atoms with Crippen LogP contribution in [0.15, 0.2) is 28.2 Å². The first-order chi connectivity index (χ1) is 13.9. The number of pyridine rings is 1. The van der Waals surface area contributed by atoms with Crippen LogP contribution in [0.25, 0.3) is 21.9 Å². The van der Waals surface area contributed by atoms with Crippen molar-refractivity contribution in [1.29, 1.82) is 0 Å². The van der Waals surface area contributed by atoms with Gasteiger partial charge in [-0.25, -0.2) is 9.97 Å². The van der Waals surface area contributed by atoms with Crippen LogP contribution < -0.4 is 5.32 Å². The lowest BCUT2D eigenvalue weighted by Crippen LogP contribution is -2.65. The molecule has 4 fully saturated rings. The lowest BCUT2D eigenvalue weighted by molar-refractivity contribution is -0.139. The van der Waals surface area contributed by atoms with Gasteiger partial charge in [0.05, 0.1) is 25.3 Å². The zero-order valence-electron chi connectivity index (χ0n) is 15.7. The molecule has 0 aliphatic heterocycles. The van der Waals surface area contributed by atoms with E-state index >= 15 is 0 Å². The minimum absolute atomic E-state index is 0.106. The summed E-state index contributed by atoms with van der Waals surface area (Å²) in [6, 6.07) is 5.72. The molecule has 6 nitrogen and oxygen atoms in total. The number of hydrogen-bond acceptors (Lipinski definition) is 5. The third-order valence-electron chi connectivity index (χ3n) is 6.85. The van der Waals surface area contributed by atoms with Gasteiger partial charge in [0.2, 0.25) is 0 Å². The van der Waals surface area contributed by atoms with E-state index < -0.39 is 5.60 Å². The zero-order valence-corrected chi connectivity index (χ0v) is 18.1. The molecule has 3 aromatic rings. The zero-order chi connectivity index (χ0) is 19.8. The Balaban J connectivity index is 1.34. The van der Waals surface area contributed by atoms with E-state index in [1.807, 2.05) is 12.1 Å². The summed E-state index contributed by atoms with van der Waals surface area (Å²) in [5.41, 5.74) is 0.882. The number of amides is 1. The van der Waals surface area contributed by atoms with Crippen LogP contribution >= 0.6 is 27.3 Å². The maximum atomic E-state index is 13.3. The van der Waals surface area contributed by atoms with Gasteiger partial charge >= 0.3 is 0 Å². The molecule has 4 aliphatic carbocycles. The second-order valence-corrected chi connectivity index (χ2v) is 11.6. The van der Waals surface area contributed by atoms with Crippen molar-refractivity contribution in [2.45, 2.75) is 49.7 Å². The Morgan fingerprint density at radius 2 is 2.03 bits per heavy atom. The van der Waals surface area contributed by atoms with E-state index in [0.717, 1.165) is 34.3 Å². The van der Waals surface area contributed by atoms with Crippen LogP contribution in [0.5, 0.6) is 0 Å². The first-order valence-corrected chi connectivity index (χ1v) is 11.7. The molecule has 3 heterocycles. The third kappa shape index (κ3) is 2.95. The number of carbonyl (C=O) groups excluding carboxylic acids is 1. The minimum atomic E-state index is -0.599. The maximum Gasteiger partial charge on any atom is 0.254 e. The molecule has 0 radical (unpaired) electrons. The maximum absolute atomic E-state index is 13.3. The first kappa shape index (κ1) is 18.0. The van der Waals surface area contributed by atoms with Crippen LogP contribution in [0.1, 0.15) is 48.9 Å². The fourth-order valence-electron chi connectivity index (χ4n) is 6.33. The van der Waals surface area contributed by atoms with E-state index in [1.54, 1.807) is 23.6 Å². The average molecular weight is 473 g/mol. The van der Waals surface area contributed by atoms with Gasteiger partial charge in [-0.1, -0.05) is 0 Å². The topological polar surface area (TPSA) is 90.9 Å². The number of aliphatic hydroxyl groups is 1. The van der Waals surface area contributed by atoms with Crippen molar-refractivity contribution in [1.82, 2.24) is 20.3 Å². The Bertz CT molecular complexity index is 1120. The summed E-state index contributed by atoms with van der Waals surface area (Å²) in [7, 11) is 0. The molecular formula is C21H21BrN4O2S. The van der Waals surface area contributed by atoms with Crippen LogP contribution in [0.2, 0.25) is 0 Å². The standard InChI is InChI=1S/C21H21BrN4O2S/c22-15-2-1-14(29-15)17-24-16-13(3-4-23-18(16)25-17)19(27)26-20-6-11-5-12(7-20)9-21(28,8-11)10-20/h1-4,11-12,28H,5-10H2,(H,26,27)(H,23,24,25)/t11-,12?,20?,21?/m0/s1. The van der Waals surface area contributed by atoms with E-state index in [9.17, 15) is 9.90 Å².